The Morgan fingerprint density at radius 2 is 1.78 bits per heavy atom. The molecule has 118 valence electrons. The van der Waals surface area contributed by atoms with Crippen molar-refractivity contribution in [2.75, 3.05) is 6.61 Å². The largest absolute Gasteiger partial charge is 0.396 e. The summed E-state index contributed by atoms with van der Waals surface area (Å²) in [7, 11) is 0. The monoisotopic (exact) mass is 326 g/mol. The molecule has 3 rings (SSSR count). The number of aromatic nitrogens is 2. The first-order valence-electron chi connectivity index (χ1n) is 7.57. The van der Waals surface area contributed by atoms with Gasteiger partial charge in [0.05, 0.1) is 10.9 Å². The summed E-state index contributed by atoms with van der Waals surface area (Å²) in [4.78, 5) is 17.3. The van der Waals surface area contributed by atoms with E-state index in [1.54, 1.807) is 22.4 Å². The van der Waals surface area contributed by atoms with Gasteiger partial charge in [0, 0.05) is 18.9 Å². The van der Waals surface area contributed by atoms with E-state index in [9.17, 15) is 4.79 Å². The SMILES string of the molecule is O=c1c2ccccc2nc(SCc2ccccc2)n1CCCO. The number of aliphatic hydroxyl groups is 1. The molecule has 3 aromatic rings. The molecule has 0 radical (unpaired) electrons. The van der Waals surface area contributed by atoms with Crippen LogP contribution in [0, 0.1) is 0 Å². The lowest BCUT2D eigenvalue weighted by Crippen LogP contribution is -2.24. The van der Waals surface area contributed by atoms with Crippen LogP contribution in [0.5, 0.6) is 0 Å². The molecule has 0 saturated carbocycles. The van der Waals surface area contributed by atoms with Gasteiger partial charge in [-0.05, 0) is 24.1 Å². The molecule has 0 bridgehead atoms. The van der Waals surface area contributed by atoms with E-state index < -0.39 is 0 Å². The van der Waals surface area contributed by atoms with Crippen LogP contribution in [0.2, 0.25) is 0 Å². The highest BCUT2D eigenvalue weighted by Gasteiger charge is 2.11. The van der Waals surface area contributed by atoms with Crippen molar-refractivity contribution in [3.8, 4) is 0 Å². The molecular weight excluding hydrogens is 308 g/mol. The topological polar surface area (TPSA) is 55.1 Å². The summed E-state index contributed by atoms with van der Waals surface area (Å²) in [6.07, 6.45) is 0.540. The van der Waals surface area contributed by atoms with Gasteiger partial charge < -0.3 is 5.11 Å². The van der Waals surface area contributed by atoms with Gasteiger partial charge in [0.1, 0.15) is 0 Å². The molecule has 1 N–H and O–H groups in total. The predicted octanol–water partition coefficient (Wildman–Crippen LogP) is 3.07. The number of nitrogens with zero attached hydrogens (tertiary/aromatic N) is 2. The fourth-order valence-corrected chi connectivity index (χ4v) is 3.39. The van der Waals surface area contributed by atoms with Crippen molar-refractivity contribution < 1.29 is 5.11 Å². The number of rotatable bonds is 6. The van der Waals surface area contributed by atoms with Crippen LogP contribution >= 0.6 is 11.8 Å². The minimum atomic E-state index is -0.0420. The Kier molecular flexibility index (Phi) is 5.10. The van der Waals surface area contributed by atoms with Gasteiger partial charge in [-0.25, -0.2) is 4.98 Å². The third-order valence-electron chi connectivity index (χ3n) is 3.58. The number of thioether (sulfide) groups is 1. The molecule has 0 aliphatic heterocycles. The first kappa shape index (κ1) is 15.8. The number of fused-ring (bicyclic) bond motifs is 1. The molecule has 0 saturated heterocycles. The molecule has 0 fully saturated rings. The number of benzene rings is 2. The molecule has 1 aromatic heterocycles. The van der Waals surface area contributed by atoms with Crippen LogP contribution in [-0.2, 0) is 12.3 Å². The first-order valence-corrected chi connectivity index (χ1v) is 8.55. The van der Waals surface area contributed by atoms with Gasteiger partial charge in [0.25, 0.3) is 5.56 Å². The van der Waals surface area contributed by atoms with E-state index in [1.165, 1.54) is 5.56 Å². The normalized spacial score (nSPS) is 11.0. The van der Waals surface area contributed by atoms with Crippen molar-refractivity contribution >= 4 is 22.7 Å². The molecule has 0 unspecified atom stereocenters. The average Bonchev–Trinajstić information content (AvgIpc) is 2.60. The lowest BCUT2D eigenvalue weighted by molar-refractivity contribution is 0.276. The van der Waals surface area contributed by atoms with Crippen LogP contribution < -0.4 is 5.56 Å². The van der Waals surface area contributed by atoms with E-state index in [4.69, 9.17) is 5.11 Å². The van der Waals surface area contributed by atoms with Crippen LogP contribution in [0.15, 0.2) is 64.5 Å². The number of aliphatic hydroxyl groups excluding tert-OH is 1. The number of hydrogen-bond acceptors (Lipinski definition) is 4. The molecule has 23 heavy (non-hydrogen) atoms. The van der Waals surface area contributed by atoms with Crippen LogP contribution in [0.1, 0.15) is 12.0 Å². The second-order valence-corrected chi connectivity index (χ2v) is 6.16. The zero-order valence-corrected chi connectivity index (χ0v) is 13.5. The average molecular weight is 326 g/mol. The minimum Gasteiger partial charge on any atom is -0.396 e. The highest BCUT2D eigenvalue weighted by atomic mass is 32.2. The Bertz CT molecular complexity index is 847. The first-order chi connectivity index (χ1) is 11.3. The summed E-state index contributed by atoms with van der Waals surface area (Å²) in [5, 5.41) is 10.4. The standard InChI is InChI=1S/C18H18N2O2S/c21-12-6-11-20-17(22)15-9-4-5-10-16(15)19-18(20)23-13-14-7-2-1-3-8-14/h1-5,7-10,21H,6,11-13H2. The maximum atomic E-state index is 12.7. The summed E-state index contributed by atoms with van der Waals surface area (Å²) >= 11 is 1.55. The Morgan fingerprint density at radius 3 is 2.57 bits per heavy atom. The molecule has 5 heteroatoms. The smallest absolute Gasteiger partial charge is 0.262 e. The van der Waals surface area contributed by atoms with Crippen molar-refractivity contribution in [2.24, 2.45) is 0 Å². The summed E-state index contributed by atoms with van der Waals surface area (Å²) in [5.74, 6) is 0.755. The van der Waals surface area contributed by atoms with Crippen LogP contribution in [0.4, 0.5) is 0 Å². The third kappa shape index (κ3) is 3.63. The van der Waals surface area contributed by atoms with Gasteiger partial charge in [-0.15, -0.1) is 0 Å². The predicted molar refractivity (Wildman–Crippen MR) is 93.7 cm³/mol. The molecular formula is C18H18N2O2S. The van der Waals surface area contributed by atoms with Gasteiger partial charge in [0.15, 0.2) is 5.16 Å². The van der Waals surface area contributed by atoms with Gasteiger partial charge in [-0.2, -0.15) is 0 Å². The summed E-state index contributed by atoms with van der Waals surface area (Å²) < 4.78 is 1.67. The number of hydrogen-bond donors (Lipinski definition) is 1. The maximum absolute atomic E-state index is 12.7. The highest BCUT2D eigenvalue weighted by Crippen LogP contribution is 2.22. The van der Waals surface area contributed by atoms with E-state index in [-0.39, 0.29) is 12.2 Å². The van der Waals surface area contributed by atoms with E-state index in [0.29, 0.717) is 29.0 Å². The number of para-hydroxylation sites is 1. The summed E-state index contributed by atoms with van der Waals surface area (Å²) in [5.41, 5.74) is 1.86. The Labute approximate surface area is 138 Å². The van der Waals surface area contributed by atoms with E-state index in [0.717, 1.165) is 5.75 Å². The van der Waals surface area contributed by atoms with Gasteiger partial charge in [-0.3, -0.25) is 9.36 Å². The molecule has 0 aliphatic rings. The van der Waals surface area contributed by atoms with E-state index in [1.807, 2.05) is 36.4 Å². The fraction of sp³-hybridized carbons (Fsp3) is 0.222. The maximum Gasteiger partial charge on any atom is 0.262 e. The van der Waals surface area contributed by atoms with Gasteiger partial charge in [0.2, 0.25) is 0 Å². The second kappa shape index (κ2) is 7.44. The zero-order chi connectivity index (χ0) is 16.1. The van der Waals surface area contributed by atoms with Gasteiger partial charge >= 0.3 is 0 Å². The van der Waals surface area contributed by atoms with Crippen molar-refractivity contribution in [1.29, 1.82) is 0 Å². The quantitative estimate of drug-likeness (QED) is 0.559. The summed E-state index contributed by atoms with van der Waals surface area (Å²) in [6.45, 7) is 0.534. The lowest BCUT2D eigenvalue weighted by Gasteiger charge is -2.12. The highest BCUT2D eigenvalue weighted by molar-refractivity contribution is 7.98. The minimum absolute atomic E-state index is 0.0420. The molecule has 0 spiro atoms. The fourth-order valence-electron chi connectivity index (χ4n) is 2.41. The second-order valence-electron chi connectivity index (χ2n) is 5.22. The molecule has 0 amide bonds. The Balaban J connectivity index is 1.97. The van der Waals surface area contributed by atoms with Crippen LogP contribution in [-0.4, -0.2) is 21.3 Å². The Morgan fingerprint density at radius 1 is 1.04 bits per heavy atom. The summed E-state index contributed by atoms with van der Waals surface area (Å²) in [6, 6.07) is 17.5. The van der Waals surface area contributed by atoms with Crippen molar-refractivity contribution in [2.45, 2.75) is 23.9 Å². The van der Waals surface area contributed by atoms with Crippen molar-refractivity contribution in [1.82, 2.24) is 9.55 Å². The zero-order valence-electron chi connectivity index (χ0n) is 12.7. The Hall–Kier alpha value is -2.11. The van der Waals surface area contributed by atoms with Crippen molar-refractivity contribution in [3.05, 3.63) is 70.5 Å². The third-order valence-corrected chi connectivity index (χ3v) is 4.62. The molecule has 1 heterocycles. The molecule has 4 nitrogen and oxygen atoms in total. The van der Waals surface area contributed by atoms with Gasteiger partial charge in [-0.1, -0.05) is 54.2 Å². The molecule has 0 atom stereocenters. The molecule has 2 aromatic carbocycles. The van der Waals surface area contributed by atoms with E-state index >= 15 is 0 Å². The molecule has 0 aliphatic carbocycles. The van der Waals surface area contributed by atoms with Crippen LogP contribution in [0.25, 0.3) is 10.9 Å². The van der Waals surface area contributed by atoms with Crippen molar-refractivity contribution in [3.63, 3.8) is 0 Å². The van der Waals surface area contributed by atoms with E-state index in [2.05, 4.69) is 17.1 Å². The van der Waals surface area contributed by atoms with Crippen LogP contribution in [0.3, 0.4) is 0 Å². The lowest BCUT2D eigenvalue weighted by atomic mass is 10.2.